The summed E-state index contributed by atoms with van der Waals surface area (Å²) >= 11 is 0. The monoisotopic (exact) mass is 310 g/mol. The van der Waals surface area contributed by atoms with E-state index < -0.39 is 14.6 Å². The Morgan fingerprint density at radius 1 is 1.19 bits per heavy atom. The second kappa shape index (κ2) is 5.97. The van der Waals surface area contributed by atoms with Gasteiger partial charge in [-0.1, -0.05) is 12.1 Å². The predicted molar refractivity (Wildman–Crippen MR) is 88.2 cm³/mol. The van der Waals surface area contributed by atoms with Gasteiger partial charge in [0, 0.05) is 24.8 Å². The lowest BCUT2D eigenvalue weighted by molar-refractivity contribution is 0.558. The van der Waals surface area contributed by atoms with Crippen LogP contribution < -0.4 is 10.6 Å². The number of hydrogen-bond acceptors (Lipinski definition) is 4. The Labute approximate surface area is 128 Å². The molecule has 0 unspecified atom stereocenters. The highest BCUT2D eigenvalue weighted by Gasteiger charge is 2.33. The van der Waals surface area contributed by atoms with Gasteiger partial charge in [0.2, 0.25) is 0 Å². The zero-order valence-corrected chi connectivity index (χ0v) is 14.0. The van der Waals surface area contributed by atoms with E-state index in [9.17, 15) is 8.42 Å². The molecule has 118 valence electrons. The van der Waals surface area contributed by atoms with Gasteiger partial charge in [0.1, 0.15) is 0 Å². The molecule has 21 heavy (non-hydrogen) atoms. The van der Waals surface area contributed by atoms with Crippen molar-refractivity contribution in [1.82, 2.24) is 0 Å². The summed E-state index contributed by atoms with van der Waals surface area (Å²) in [6, 6.07) is 8.62. The van der Waals surface area contributed by atoms with Gasteiger partial charge in [-0.3, -0.25) is 0 Å². The number of anilines is 1. The fourth-order valence-electron chi connectivity index (χ4n) is 2.26. The third-order valence-corrected chi connectivity index (χ3v) is 6.61. The van der Waals surface area contributed by atoms with E-state index in [1.54, 1.807) is 20.8 Å². The van der Waals surface area contributed by atoms with Crippen LogP contribution in [-0.2, 0) is 16.4 Å². The van der Waals surface area contributed by atoms with Crippen LogP contribution >= 0.6 is 0 Å². The number of hydrogen-bond donors (Lipinski definition) is 1. The lowest BCUT2D eigenvalue weighted by Gasteiger charge is -2.27. The largest absolute Gasteiger partial charge is 0.368 e. The number of nitrogens with two attached hydrogens (primary N) is 1. The van der Waals surface area contributed by atoms with Crippen molar-refractivity contribution in [2.75, 3.05) is 17.2 Å². The van der Waals surface area contributed by atoms with Crippen LogP contribution in [0.1, 0.15) is 39.2 Å². The molecule has 1 aliphatic carbocycles. The van der Waals surface area contributed by atoms with Crippen LogP contribution in [0.2, 0.25) is 0 Å². The molecular weight excluding hydrogens is 284 g/mol. The van der Waals surface area contributed by atoms with Crippen LogP contribution in [0.4, 0.5) is 5.69 Å². The van der Waals surface area contributed by atoms with Gasteiger partial charge in [0.15, 0.2) is 9.84 Å². The van der Waals surface area contributed by atoms with E-state index in [4.69, 9.17) is 5.73 Å². The van der Waals surface area contributed by atoms with Crippen molar-refractivity contribution in [2.24, 2.45) is 5.73 Å². The number of rotatable bonds is 6. The van der Waals surface area contributed by atoms with E-state index >= 15 is 0 Å². The van der Waals surface area contributed by atoms with Crippen LogP contribution in [-0.4, -0.2) is 31.5 Å². The average molecular weight is 310 g/mol. The molecule has 1 aromatic rings. The van der Waals surface area contributed by atoms with Gasteiger partial charge in [-0.05, 0) is 51.3 Å². The maximum atomic E-state index is 12.3. The van der Waals surface area contributed by atoms with Crippen molar-refractivity contribution >= 4 is 15.5 Å². The summed E-state index contributed by atoms with van der Waals surface area (Å²) in [4.78, 5) is 2.23. The van der Waals surface area contributed by atoms with Crippen LogP contribution in [0.25, 0.3) is 0 Å². The molecule has 1 aromatic carbocycles. The molecule has 0 aliphatic heterocycles. The molecule has 0 amide bonds. The van der Waals surface area contributed by atoms with E-state index in [2.05, 4.69) is 4.90 Å². The molecule has 1 fully saturated rings. The molecule has 1 saturated carbocycles. The lowest BCUT2D eigenvalue weighted by Crippen LogP contribution is -2.37. The Morgan fingerprint density at radius 3 is 2.19 bits per heavy atom. The SMILES string of the molecule is CC(C)(C)S(=O)(=O)CCN(c1ccc(CN)cc1)C1CC1. The molecule has 0 spiro atoms. The van der Waals surface area contributed by atoms with Gasteiger partial charge >= 0.3 is 0 Å². The Balaban J connectivity index is 2.10. The Morgan fingerprint density at radius 2 is 1.76 bits per heavy atom. The van der Waals surface area contributed by atoms with Gasteiger partial charge in [-0.2, -0.15) is 0 Å². The third-order valence-electron chi connectivity index (χ3n) is 4.03. The van der Waals surface area contributed by atoms with E-state index in [1.807, 2.05) is 24.3 Å². The normalized spacial score (nSPS) is 16.0. The molecule has 0 aromatic heterocycles. The second-order valence-corrected chi connectivity index (χ2v) is 9.59. The van der Waals surface area contributed by atoms with Crippen molar-refractivity contribution in [3.63, 3.8) is 0 Å². The summed E-state index contributed by atoms with van der Waals surface area (Å²) in [5, 5.41) is 0. The summed E-state index contributed by atoms with van der Waals surface area (Å²) in [6.07, 6.45) is 2.29. The van der Waals surface area contributed by atoms with Crippen LogP contribution in [0.5, 0.6) is 0 Å². The fraction of sp³-hybridized carbons (Fsp3) is 0.625. The second-order valence-electron chi connectivity index (χ2n) is 6.73. The quantitative estimate of drug-likeness (QED) is 0.876. The lowest BCUT2D eigenvalue weighted by atomic mass is 10.2. The first kappa shape index (κ1) is 16.3. The Kier molecular flexibility index (Phi) is 4.63. The molecule has 5 heteroatoms. The van der Waals surface area contributed by atoms with Gasteiger partial charge in [-0.25, -0.2) is 8.42 Å². The summed E-state index contributed by atoms with van der Waals surface area (Å²) in [5.74, 6) is 0.200. The maximum absolute atomic E-state index is 12.3. The van der Waals surface area contributed by atoms with Crippen molar-refractivity contribution in [3.8, 4) is 0 Å². The highest BCUT2D eigenvalue weighted by atomic mass is 32.2. The molecule has 0 atom stereocenters. The molecule has 0 radical (unpaired) electrons. The zero-order valence-electron chi connectivity index (χ0n) is 13.2. The van der Waals surface area contributed by atoms with Gasteiger partial charge in [0.05, 0.1) is 10.5 Å². The first-order valence-electron chi connectivity index (χ1n) is 7.52. The molecule has 0 heterocycles. The summed E-state index contributed by atoms with van der Waals surface area (Å²) in [7, 11) is -3.08. The van der Waals surface area contributed by atoms with Gasteiger partial charge < -0.3 is 10.6 Å². The van der Waals surface area contributed by atoms with Crippen molar-refractivity contribution in [3.05, 3.63) is 29.8 Å². The number of sulfone groups is 1. The maximum Gasteiger partial charge on any atom is 0.156 e. The Hall–Kier alpha value is -1.07. The van der Waals surface area contributed by atoms with Crippen LogP contribution in [0.3, 0.4) is 0 Å². The van der Waals surface area contributed by atoms with Crippen LogP contribution in [0.15, 0.2) is 24.3 Å². The minimum atomic E-state index is -3.08. The van der Waals surface area contributed by atoms with Crippen LogP contribution in [0, 0.1) is 0 Å². The fourth-order valence-corrected chi connectivity index (χ4v) is 3.31. The highest BCUT2D eigenvalue weighted by Crippen LogP contribution is 2.32. The van der Waals surface area contributed by atoms with E-state index in [1.165, 1.54) is 0 Å². The molecule has 0 saturated heterocycles. The van der Waals surface area contributed by atoms with E-state index in [0.717, 1.165) is 24.1 Å². The molecular formula is C16H26N2O2S. The van der Waals surface area contributed by atoms with Gasteiger partial charge in [0.25, 0.3) is 0 Å². The number of nitrogens with zero attached hydrogens (tertiary/aromatic N) is 1. The van der Waals surface area contributed by atoms with Crippen molar-refractivity contribution in [1.29, 1.82) is 0 Å². The minimum absolute atomic E-state index is 0.200. The van der Waals surface area contributed by atoms with Gasteiger partial charge in [-0.15, -0.1) is 0 Å². The summed E-state index contributed by atoms with van der Waals surface area (Å²) < 4.78 is 23.9. The molecule has 2 N–H and O–H groups in total. The van der Waals surface area contributed by atoms with Crippen molar-refractivity contribution in [2.45, 2.75) is 50.9 Å². The molecule has 1 aliphatic rings. The topological polar surface area (TPSA) is 63.4 Å². The summed E-state index contributed by atoms with van der Waals surface area (Å²) in [5.41, 5.74) is 7.81. The molecule has 2 rings (SSSR count). The van der Waals surface area contributed by atoms with E-state index in [-0.39, 0.29) is 5.75 Å². The predicted octanol–water partition coefficient (Wildman–Crippen LogP) is 2.33. The average Bonchev–Trinajstić information content (AvgIpc) is 3.23. The highest BCUT2D eigenvalue weighted by molar-refractivity contribution is 7.92. The molecule has 4 nitrogen and oxygen atoms in total. The first-order valence-corrected chi connectivity index (χ1v) is 9.18. The number of benzene rings is 1. The summed E-state index contributed by atoms with van der Waals surface area (Å²) in [6.45, 7) is 6.38. The van der Waals surface area contributed by atoms with Crippen molar-refractivity contribution < 1.29 is 8.42 Å². The third kappa shape index (κ3) is 3.98. The minimum Gasteiger partial charge on any atom is -0.368 e. The first-order chi connectivity index (χ1) is 9.74. The van der Waals surface area contributed by atoms with E-state index in [0.29, 0.717) is 19.1 Å². The standard InChI is InChI=1S/C16H26N2O2S/c1-16(2,3)21(19,20)11-10-18(15-8-9-15)14-6-4-13(12-17)5-7-14/h4-7,15H,8-12,17H2,1-3H3. The molecule has 0 bridgehead atoms. The smallest absolute Gasteiger partial charge is 0.156 e. The zero-order chi connectivity index (χ0) is 15.7. The Bertz CT molecular complexity index is 569.